The van der Waals surface area contributed by atoms with Crippen molar-refractivity contribution < 1.29 is 17.9 Å². The molecule has 5 nitrogen and oxygen atoms in total. The van der Waals surface area contributed by atoms with E-state index >= 15 is 0 Å². The van der Waals surface area contributed by atoms with Gasteiger partial charge in [-0.25, -0.2) is 8.42 Å². The third kappa shape index (κ3) is 4.49. The normalized spacial score (nSPS) is 23.8. The van der Waals surface area contributed by atoms with Crippen molar-refractivity contribution in [3.05, 3.63) is 28.2 Å². The van der Waals surface area contributed by atoms with E-state index in [0.717, 1.165) is 0 Å². The van der Waals surface area contributed by atoms with Crippen LogP contribution in [0.5, 0.6) is 5.75 Å². The average Bonchev–Trinajstić information content (AvgIpc) is 2.62. The second-order valence-electron chi connectivity index (χ2n) is 5.31. The van der Waals surface area contributed by atoms with Crippen molar-refractivity contribution in [2.75, 3.05) is 18.1 Å². The molecule has 0 spiro atoms. The molecule has 1 amide bonds. The molecule has 21 heavy (non-hydrogen) atoms. The van der Waals surface area contributed by atoms with Crippen LogP contribution in [0.3, 0.4) is 0 Å². The first-order chi connectivity index (χ1) is 9.69. The molecule has 1 aliphatic rings. The molecule has 0 radical (unpaired) electrons. The number of benzene rings is 1. The summed E-state index contributed by atoms with van der Waals surface area (Å²) in [5, 5.41) is 3.48. The topological polar surface area (TPSA) is 72.5 Å². The summed E-state index contributed by atoms with van der Waals surface area (Å²) >= 11 is 11.7. The van der Waals surface area contributed by atoms with Crippen molar-refractivity contribution in [1.82, 2.24) is 5.32 Å². The Hall–Kier alpha value is -0.980. The molecule has 0 bridgehead atoms. The van der Waals surface area contributed by atoms with Crippen molar-refractivity contribution in [2.45, 2.75) is 18.9 Å². The molecule has 0 aromatic heterocycles. The zero-order chi connectivity index (χ0) is 15.7. The Labute approximate surface area is 133 Å². The Morgan fingerprint density at radius 2 is 2.14 bits per heavy atom. The highest BCUT2D eigenvalue weighted by molar-refractivity contribution is 7.91. The molecular formula is C13H15Cl2NO4S. The van der Waals surface area contributed by atoms with E-state index in [1.807, 2.05) is 0 Å². The SMILES string of the molecule is CC1(NC(=O)COc2ccc(Cl)cc2Cl)CCS(=O)(=O)C1. The summed E-state index contributed by atoms with van der Waals surface area (Å²) in [6.07, 6.45) is 0.406. The summed E-state index contributed by atoms with van der Waals surface area (Å²) in [7, 11) is -3.07. The molecule has 1 atom stereocenters. The van der Waals surface area contributed by atoms with Gasteiger partial charge >= 0.3 is 0 Å². The molecule has 8 heteroatoms. The highest BCUT2D eigenvalue weighted by atomic mass is 35.5. The van der Waals surface area contributed by atoms with Crippen LogP contribution in [0, 0.1) is 0 Å². The number of hydrogen-bond donors (Lipinski definition) is 1. The molecule has 116 valence electrons. The molecule has 0 saturated carbocycles. The van der Waals surface area contributed by atoms with Crippen molar-refractivity contribution >= 4 is 38.9 Å². The Morgan fingerprint density at radius 1 is 1.43 bits per heavy atom. The molecule has 1 fully saturated rings. The fourth-order valence-electron chi connectivity index (χ4n) is 2.22. The number of carbonyl (C=O) groups excluding carboxylic acids is 1. The van der Waals surface area contributed by atoms with E-state index in [9.17, 15) is 13.2 Å². The van der Waals surface area contributed by atoms with Gasteiger partial charge in [0.1, 0.15) is 5.75 Å². The van der Waals surface area contributed by atoms with Crippen LogP contribution in [0.1, 0.15) is 13.3 Å². The molecule has 2 rings (SSSR count). The summed E-state index contributed by atoms with van der Waals surface area (Å²) in [4.78, 5) is 11.9. The van der Waals surface area contributed by atoms with Gasteiger partial charge in [-0.2, -0.15) is 0 Å². The van der Waals surface area contributed by atoms with Crippen LogP contribution in [0.2, 0.25) is 10.0 Å². The minimum absolute atomic E-state index is 0.0482. The summed E-state index contributed by atoms with van der Waals surface area (Å²) in [5.41, 5.74) is -0.733. The maximum atomic E-state index is 11.9. The number of ether oxygens (including phenoxy) is 1. The van der Waals surface area contributed by atoms with E-state index in [1.165, 1.54) is 6.07 Å². The molecule has 0 aliphatic carbocycles. The van der Waals surface area contributed by atoms with E-state index in [0.29, 0.717) is 22.2 Å². The van der Waals surface area contributed by atoms with Crippen molar-refractivity contribution in [3.8, 4) is 5.75 Å². The first-order valence-corrected chi connectivity index (χ1v) is 8.86. The molecule has 1 heterocycles. The molecule has 1 saturated heterocycles. The quantitative estimate of drug-likeness (QED) is 0.900. The van der Waals surface area contributed by atoms with Crippen LogP contribution >= 0.6 is 23.2 Å². The lowest BCUT2D eigenvalue weighted by Crippen LogP contribution is -2.48. The third-order valence-corrected chi connectivity index (χ3v) is 5.63. The first-order valence-electron chi connectivity index (χ1n) is 6.28. The monoisotopic (exact) mass is 351 g/mol. The van der Waals surface area contributed by atoms with Gasteiger partial charge in [0.25, 0.3) is 5.91 Å². The van der Waals surface area contributed by atoms with Gasteiger partial charge in [-0.05, 0) is 31.5 Å². The van der Waals surface area contributed by atoms with Crippen LogP contribution in [0.25, 0.3) is 0 Å². The van der Waals surface area contributed by atoms with E-state index in [-0.39, 0.29) is 24.0 Å². The van der Waals surface area contributed by atoms with E-state index < -0.39 is 15.4 Å². The Kier molecular flexibility index (Phi) is 4.70. The molecule has 1 aliphatic heterocycles. The minimum atomic E-state index is -3.07. The number of rotatable bonds is 4. The van der Waals surface area contributed by atoms with Crippen LogP contribution in [0.15, 0.2) is 18.2 Å². The Morgan fingerprint density at radius 3 is 2.71 bits per heavy atom. The van der Waals surface area contributed by atoms with Gasteiger partial charge in [0.05, 0.1) is 22.1 Å². The summed E-state index contributed by atoms with van der Waals surface area (Å²) in [5.74, 6) is 0.00204. The molecular weight excluding hydrogens is 337 g/mol. The predicted molar refractivity (Wildman–Crippen MR) is 81.8 cm³/mol. The van der Waals surface area contributed by atoms with Crippen LogP contribution in [0.4, 0.5) is 0 Å². The van der Waals surface area contributed by atoms with Gasteiger partial charge in [0, 0.05) is 5.02 Å². The number of nitrogens with one attached hydrogen (secondary N) is 1. The zero-order valence-electron chi connectivity index (χ0n) is 11.4. The van der Waals surface area contributed by atoms with Gasteiger partial charge in [-0.3, -0.25) is 4.79 Å². The van der Waals surface area contributed by atoms with E-state index in [2.05, 4.69) is 5.32 Å². The number of sulfone groups is 1. The van der Waals surface area contributed by atoms with Crippen LogP contribution in [-0.4, -0.2) is 38.0 Å². The standard InChI is InChI=1S/C13H15Cl2NO4S/c1-13(4-5-21(18,19)8-13)16-12(17)7-20-11-3-2-9(14)6-10(11)15/h2-3,6H,4-5,7-8H2,1H3,(H,16,17). The maximum Gasteiger partial charge on any atom is 0.258 e. The second-order valence-corrected chi connectivity index (χ2v) is 8.34. The summed E-state index contributed by atoms with van der Waals surface area (Å²) in [6, 6.07) is 4.69. The summed E-state index contributed by atoms with van der Waals surface area (Å²) in [6.45, 7) is 1.47. The van der Waals surface area contributed by atoms with E-state index in [1.54, 1.807) is 19.1 Å². The molecule has 1 unspecified atom stereocenters. The van der Waals surface area contributed by atoms with Gasteiger partial charge in [0.15, 0.2) is 16.4 Å². The minimum Gasteiger partial charge on any atom is -0.482 e. The largest absolute Gasteiger partial charge is 0.482 e. The number of carbonyl (C=O) groups is 1. The first kappa shape index (κ1) is 16.4. The lowest BCUT2D eigenvalue weighted by Gasteiger charge is -2.23. The van der Waals surface area contributed by atoms with Gasteiger partial charge in [-0.1, -0.05) is 23.2 Å². The maximum absolute atomic E-state index is 11.9. The van der Waals surface area contributed by atoms with Gasteiger partial charge < -0.3 is 10.1 Å². The fraction of sp³-hybridized carbons (Fsp3) is 0.462. The van der Waals surface area contributed by atoms with Gasteiger partial charge in [-0.15, -0.1) is 0 Å². The van der Waals surface area contributed by atoms with E-state index in [4.69, 9.17) is 27.9 Å². The van der Waals surface area contributed by atoms with Crippen molar-refractivity contribution in [3.63, 3.8) is 0 Å². The lowest BCUT2D eigenvalue weighted by atomic mass is 10.0. The van der Waals surface area contributed by atoms with Crippen molar-refractivity contribution in [2.24, 2.45) is 0 Å². The highest BCUT2D eigenvalue weighted by Gasteiger charge is 2.39. The number of hydrogen-bond acceptors (Lipinski definition) is 4. The van der Waals surface area contributed by atoms with Crippen LogP contribution < -0.4 is 10.1 Å². The lowest BCUT2D eigenvalue weighted by molar-refractivity contribution is -0.124. The molecule has 1 aromatic rings. The number of halogens is 2. The Bertz CT molecular complexity index is 662. The zero-order valence-corrected chi connectivity index (χ0v) is 13.7. The van der Waals surface area contributed by atoms with Gasteiger partial charge in [0.2, 0.25) is 0 Å². The second kappa shape index (κ2) is 6.02. The molecule has 1 aromatic carbocycles. The highest BCUT2D eigenvalue weighted by Crippen LogP contribution is 2.27. The average molecular weight is 352 g/mol. The Balaban J connectivity index is 1.91. The third-order valence-electron chi connectivity index (χ3n) is 3.20. The fourth-order valence-corrected chi connectivity index (χ4v) is 4.77. The number of amides is 1. The van der Waals surface area contributed by atoms with Crippen LogP contribution in [-0.2, 0) is 14.6 Å². The smallest absolute Gasteiger partial charge is 0.258 e. The predicted octanol–water partition coefficient (Wildman–Crippen LogP) is 2.07. The summed E-state index contributed by atoms with van der Waals surface area (Å²) < 4.78 is 28.3. The molecule has 1 N–H and O–H groups in total. The van der Waals surface area contributed by atoms with Crippen molar-refractivity contribution in [1.29, 1.82) is 0 Å².